The number of nitrogens with zero attached hydrogens (tertiary/aromatic N) is 1. The van der Waals surface area contributed by atoms with E-state index in [1.807, 2.05) is 31.2 Å². The van der Waals surface area contributed by atoms with E-state index in [4.69, 9.17) is 0 Å². The number of para-hydroxylation sites is 1. The van der Waals surface area contributed by atoms with E-state index in [1.165, 1.54) is 10.4 Å². The quantitative estimate of drug-likeness (QED) is 0.764. The Kier molecular flexibility index (Phi) is 6.08. The number of fused-ring (bicyclic) bond motifs is 1. The number of benzene rings is 2. The predicted molar refractivity (Wildman–Crippen MR) is 112 cm³/mol. The third-order valence-electron chi connectivity index (χ3n) is 5.08. The Labute approximate surface area is 167 Å². The Morgan fingerprint density at radius 3 is 2.57 bits per heavy atom. The molecular weight excluding hydrogens is 372 g/mol. The van der Waals surface area contributed by atoms with Crippen LogP contribution >= 0.6 is 0 Å². The van der Waals surface area contributed by atoms with Crippen molar-refractivity contribution >= 4 is 21.6 Å². The molecule has 0 saturated carbocycles. The monoisotopic (exact) mass is 400 g/mol. The lowest BCUT2D eigenvalue weighted by molar-refractivity contribution is 0.0937. The van der Waals surface area contributed by atoms with Crippen LogP contribution in [0.2, 0.25) is 0 Å². The van der Waals surface area contributed by atoms with Crippen LogP contribution in [0, 0.1) is 5.92 Å². The molecule has 1 amide bonds. The number of amides is 1. The summed E-state index contributed by atoms with van der Waals surface area (Å²) < 4.78 is 27.8. The van der Waals surface area contributed by atoms with E-state index in [0.717, 1.165) is 24.1 Å². The van der Waals surface area contributed by atoms with Gasteiger partial charge in [-0.3, -0.25) is 9.10 Å². The van der Waals surface area contributed by atoms with Gasteiger partial charge in [-0.1, -0.05) is 38.1 Å². The first kappa shape index (κ1) is 20.4. The molecule has 1 N–H and O–H groups in total. The summed E-state index contributed by atoms with van der Waals surface area (Å²) in [7, 11) is -3.70. The van der Waals surface area contributed by atoms with Crippen molar-refractivity contribution in [2.75, 3.05) is 10.8 Å². The zero-order valence-corrected chi connectivity index (χ0v) is 17.5. The van der Waals surface area contributed by atoms with Crippen LogP contribution in [0.25, 0.3) is 0 Å². The topological polar surface area (TPSA) is 66.5 Å². The van der Waals surface area contributed by atoms with Crippen molar-refractivity contribution in [3.8, 4) is 0 Å². The summed E-state index contributed by atoms with van der Waals surface area (Å²) in [5.74, 6) is 0.339. The van der Waals surface area contributed by atoms with Crippen LogP contribution in [0.4, 0.5) is 5.69 Å². The molecule has 6 heteroatoms. The SMILES string of the molecule is CC(C)CC[C@@H](C)NC(=O)c1cccc(S(=O)(=O)N2CCc3ccccc32)c1. The Morgan fingerprint density at radius 2 is 1.82 bits per heavy atom. The molecule has 0 unspecified atom stereocenters. The summed E-state index contributed by atoms with van der Waals surface area (Å²) in [6.45, 7) is 6.70. The highest BCUT2D eigenvalue weighted by molar-refractivity contribution is 7.92. The first-order valence-corrected chi connectivity index (χ1v) is 11.2. The number of hydrogen-bond donors (Lipinski definition) is 1. The van der Waals surface area contributed by atoms with Crippen LogP contribution in [-0.2, 0) is 16.4 Å². The summed E-state index contributed by atoms with van der Waals surface area (Å²) in [6.07, 6.45) is 2.62. The van der Waals surface area contributed by atoms with E-state index in [9.17, 15) is 13.2 Å². The molecule has 5 nitrogen and oxygen atoms in total. The fourth-order valence-corrected chi connectivity index (χ4v) is 4.99. The van der Waals surface area contributed by atoms with Crippen molar-refractivity contribution in [3.05, 3.63) is 59.7 Å². The molecule has 2 aromatic rings. The zero-order chi connectivity index (χ0) is 20.3. The van der Waals surface area contributed by atoms with Crippen LogP contribution in [0.3, 0.4) is 0 Å². The molecule has 0 aliphatic carbocycles. The lowest BCUT2D eigenvalue weighted by atomic mass is 10.0. The molecule has 0 radical (unpaired) electrons. The largest absolute Gasteiger partial charge is 0.350 e. The molecule has 0 aromatic heterocycles. The van der Waals surface area contributed by atoms with E-state index in [2.05, 4.69) is 19.2 Å². The average molecular weight is 401 g/mol. The molecule has 1 atom stereocenters. The van der Waals surface area contributed by atoms with Crippen molar-refractivity contribution < 1.29 is 13.2 Å². The molecule has 1 heterocycles. The summed E-state index contributed by atoms with van der Waals surface area (Å²) in [5, 5.41) is 2.97. The van der Waals surface area contributed by atoms with Gasteiger partial charge < -0.3 is 5.32 Å². The number of carbonyl (C=O) groups excluding carboxylic acids is 1. The van der Waals surface area contributed by atoms with Crippen molar-refractivity contribution in [1.82, 2.24) is 5.32 Å². The second kappa shape index (κ2) is 8.35. The minimum absolute atomic E-state index is 0.0422. The molecule has 150 valence electrons. The van der Waals surface area contributed by atoms with Gasteiger partial charge in [0, 0.05) is 18.2 Å². The van der Waals surface area contributed by atoms with Crippen molar-refractivity contribution in [1.29, 1.82) is 0 Å². The van der Waals surface area contributed by atoms with Crippen molar-refractivity contribution in [2.24, 2.45) is 5.92 Å². The normalized spacial score (nSPS) is 14.8. The molecule has 0 saturated heterocycles. The first-order chi connectivity index (χ1) is 13.3. The summed E-state index contributed by atoms with van der Waals surface area (Å²) in [5.41, 5.74) is 2.11. The standard InChI is InChI=1S/C22H28N2O3S/c1-16(2)11-12-17(3)23-22(25)19-8-6-9-20(15-19)28(26,27)24-14-13-18-7-4-5-10-21(18)24/h4-10,15-17H,11-14H2,1-3H3,(H,23,25)/t17-/m1/s1. The highest BCUT2D eigenvalue weighted by Gasteiger charge is 2.31. The van der Waals surface area contributed by atoms with E-state index in [-0.39, 0.29) is 16.8 Å². The maximum absolute atomic E-state index is 13.2. The number of sulfonamides is 1. The van der Waals surface area contributed by atoms with Gasteiger partial charge in [-0.2, -0.15) is 0 Å². The van der Waals surface area contributed by atoms with Gasteiger partial charge in [0.05, 0.1) is 10.6 Å². The van der Waals surface area contributed by atoms with Crippen LogP contribution < -0.4 is 9.62 Å². The van der Waals surface area contributed by atoms with Gasteiger partial charge in [-0.05, 0) is 61.9 Å². The molecule has 3 rings (SSSR count). The maximum Gasteiger partial charge on any atom is 0.264 e. The number of anilines is 1. The van der Waals surface area contributed by atoms with Crippen LogP contribution in [0.15, 0.2) is 53.4 Å². The molecular formula is C22H28N2O3S. The Bertz CT molecular complexity index is 954. The second-order valence-electron chi connectivity index (χ2n) is 7.83. The van der Waals surface area contributed by atoms with E-state index >= 15 is 0 Å². The number of carbonyl (C=O) groups is 1. The van der Waals surface area contributed by atoms with Crippen LogP contribution in [-0.4, -0.2) is 26.9 Å². The van der Waals surface area contributed by atoms with Crippen LogP contribution in [0.1, 0.15) is 49.5 Å². The third-order valence-corrected chi connectivity index (χ3v) is 6.89. The average Bonchev–Trinajstić information content (AvgIpc) is 3.11. The molecule has 0 fully saturated rings. The summed E-state index contributed by atoms with van der Waals surface area (Å²) in [6, 6.07) is 13.9. The molecule has 0 bridgehead atoms. The lowest BCUT2D eigenvalue weighted by Crippen LogP contribution is -2.33. The molecule has 28 heavy (non-hydrogen) atoms. The fourth-order valence-electron chi connectivity index (χ4n) is 3.45. The fraction of sp³-hybridized carbons (Fsp3) is 0.409. The smallest absolute Gasteiger partial charge is 0.264 e. The van der Waals surface area contributed by atoms with Crippen molar-refractivity contribution in [3.63, 3.8) is 0 Å². The molecule has 0 spiro atoms. The third kappa shape index (κ3) is 4.38. The minimum atomic E-state index is -3.70. The van der Waals surface area contributed by atoms with Gasteiger partial charge in [-0.15, -0.1) is 0 Å². The van der Waals surface area contributed by atoms with Gasteiger partial charge in [-0.25, -0.2) is 8.42 Å². The van der Waals surface area contributed by atoms with Gasteiger partial charge in [0.2, 0.25) is 0 Å². The van der Waals surface area contributed by atoms with E-state index in [1.54, 1.807) is 18.2 Å². The van der Waals surface area contributed by atoms with Crippen LogP contribution in [0.5, 0.6) is 0 Å². The van der Waals surface area contributed by atoms with Gasteiger partial charge in [0.15, 0.2) is 0 Å². The Balaban J connectivity index is 1.78. The van der Waals surface area contributed by atoms with Crippen molar-refractivity contribution in [2.45, 2.75) is 51.0 Å². The zero-order valence-electron chi connectivity index (χ0n) is 16.7. The highest BCUT2D eigenvalue weighted by Crippen LogP contribution is 2.32. The molecule has 1 aliphatic heterocycles. The lowest BCUT2D eigenvalue weighted by Gasteiger charge is -2.20. The Morgan fingerprint density at radius 1 is 1.07 bits per heavy atom. The molecule has 2 aromatic carbocycles. The van der Waals surface area contributed by atoms with Gasteiger partial charge in [0.25, 0.3) is 15.9 Å². The summed E-state index contributed by atoms with van der Waals surface area (Å²) >= 11 is 0. The molecule has 1 aliphatic rings. The van der Waals surface area contributed by atoms with Gasteiger partial charge in [0.1, 0.15) is 0 Å². The maximum atomic E-state index is 13.2. The summed E-state index contributed by atoms with van der Waals surface area (Å²) in [4.78, 5) is 12.7. The Hall–Kier alpha value is -2.34. The number of hydrogen-bond acceptors (Lipinski definition) is 3. The number of nitrogens with one attached hydrogen (secondary N) is 1. The van der Waals surface area contributed by atoms with Gasteiger partial charge >= 0.3 is 0 Å². The van der Waals surface area contributed by atoms with E-state index < -0.39 is 10.0 Å². The number of rotatable bonds is 7. The first-order valence-electron chi connectivity index (χ1n) is 9.80. The minimum Gasteiger partial charge on any atom is -0.350 e. The predicted octanol–water partition coefficient (Wildman–Crippen LogP) is 3.99. The highest BCUT2D eigenvalue weighted by atomic mass is 32.2. The second-order valence-corrected chi connectivity index (χ2v) is 9.69. The van der Waals surface area contributed by atoms with E-state index in [0.29, 0.717) is 24.4 Å².